The summed E-state index contributed by atoms with van der Waals surface area (Å²) in [7, 11) is 0. The van der Waals surface area contributed by atoms with Crippen LogP contribution >= 0.6 is 0 Å². The zero-order valence-corrected chi connectivity index (χ0v) is 9.34. The minimum absolute atomic E-state index is 0.875. The summed E-state index contributed by atoms with van der Waals surface area (Å²) in [6.45, 7) is 3.43. The van der Waals surface area contributed by atoms with Crippen molar-refractivity contribution >= 4 is 0 Å². The quantitative estimate of drug-likeness (QED) is 0.708. The third-order valence-electron chi connectivity index (χ3n) is 4.60. The molecule has 3 aliphatic carbocycles. The molecule has 3 unspecified atom stereocenters. The third-order valence-corrected chi connectivity index (χ3v) is 4.60. The van der Waals surface area contributed by atoms with Crippen LogP contribution in [-0.2, 0) is 0 Å². The fraction of sp³-hybridized carbons (Fsp3) is 1.00. The molecule has 0 aromatic carbocycles. The van der Waals surface area contributed by atoms with Crippen molar-refractivity contribution in [2.45, 2.75) is 51.5 Å². The van der Waals surface area contributed by atoms with E-state index in [-0.39, 0.29) is 0 Å². The Bertz CT molecular complexity index is 199. The minimum Gasteiger partial charge on any atom is -0.314 e. The predicted molar refractivity (Wildman–Crippen MR) is 59.1 cm³/mol. The SMILES string of the molecule is CCNC(CC1CC1)C1CC2CC2C1. The van der Waals surface area contributed by atoms with E-state index in [0.717, 1.165) is 29.7 Å². The highest BCUT2D eigenvalue weighted by Gasteiger charge is 2.48. The average molecular weight is 193 g/mol. The molecule has 3 saturated carbocycles. The summed E-state index contributed by atoms with van der Waals surface area (Å²) in [6, 6.07) is 0.875. The topological polar surface area (TPSA) is 12.0 Å². The molecule has 0 radical (unpaired) electrons. The Kier molecular flexibility index (Phi) is 2.31. The number of fused-ring (bicyclic) bond motifs is 1. The van der Waals surface area contributed by atoms with Gasteiger partial charge in [0.05, 0.1) is 0 Å². The first-order valence-electron chi connectivity index (χ1n) is 6.60. The lowest BCUT2D eigenvalue weighted by atomic mass is 9.90. The van der Waals surface area contributed by atoms with Crippen molar-refractivity contribution in [2.24, 2.45) is 23.7 Å². The van der Waals surface area contributed by atoms with Gasteiger partial charge in [-0.25, -0.2) is 0 Å². The van der Waals surface area contributed by atoms with E-state index < -0.39 is 0 Å². The number of hydrogen-bond acceptors (Lipinski definition) is 1. The second-order valence-corrected chi connectivity index (χ2v) is 5.83. The van der Waals surface area contributed by atoms with E-state index in [1.54, 1.807) is 19.3 Å². The summed E-state index contributed by atoms with van der Waals surface area (Å²) < 4.78 is 0. The number of nitrogens with one attached hydrogen (secondary N) is 1. The largest absolute Gasteiger partial charge is 0.314 e. The maximum atomic E-state index is 3.74. The smallest absolute Gasteiger partial charge is 0.00980 e. The number of hydrogen-bond donors (Lipinski definition) is 1. The normalized spacial score (nSPS) is 42.2. The van der Waals surface area contributed by atoms with Gasteiger partial charge in [0.15, 0.2) is 0 Å². The van der Waals surface area contributed by atoms with Crippen LogP contribution < -0.4 is 5.32 Å². The van der Waals surface area contributed by atoms with Gasteiger partial charge in [-0.1, -0.05) is 19.8 Å². The van der Waals surface area contributed by atoms with Crippen LogP contribution in [0.15, 0.2) is 0 Å². The lowest BCUT2D eigenvalue weighted by molar-refractivity contribution is 0.312. The summed E-state index contributed by atoms with van der Waals surface area (Å²) in [5.74, 6) is 4.44. The Labute approximate surface area is 87.7 Å². The van der Waals surface area contributed by atoms with Crippen LogP contribution in [0, 0.1) is 23.7 Å². The molecule has 80 valence electrons. The maximum absolute atomic E-state index is 3.74. The Hall–Kier alpha value is -0.0400. The van der Waals surface area contributed by atoms with E-state index in [2.05, 4.69) is 12.2 Å². The standard InChI is InChI=1S/C13H23N/c1-2-14-13(5-9-3-4-9)12-7-10-6-11(10)8-12/h9-14H,2-8H2,1H3. The van der Waals surface area contributed by atoms with Crippen molar-refractivity contribution in [3.63, 3.8) is 0 Å². The van der Waals surface area contributed by atoms with Crippen molar-refractivity contribution < 1.29 is 0 Å². The van der Waals surface area contributed by atoms with Crippen LogP contribution in [0.2, 0.25) is 0 Å². The Morgan fingerprint density at radius 3 is 2.43 bits per heavy atom. The van der Waals surface area contributed by atoms with Crippen molar-refractivity contribution in [3.05, 3.63) is 0 Å². The summed E-state index contributed by atoms with van der Waals surface area (Å²) >= 11 is 0. The predicted octanol–water partition coefficient (Wildman–Crippen LogP) is 2.81. The molecule has 0 bridgehead atoms. The van der Waals surface area contributed by atoms with E-state index >= 15 is 0 Å². The molecule has 1 nitrogen and oxygen atoms in total. The van der Waals surface area contributed by atoms with E-state index in [4.69, 9.17) is 0 Å². The highest BCUT2D eigenvalue weighted by Crippen LogP contribution is 2.56. The van der Waals surface area contributed by atoms with Crippen LogP contribution in [0.1, 0.15) is 45.4 Å². The Balaban J connectivity index is 1.53. The van der Waals surface area contributed by atoms with Gasteiger partial charge in [-0.05, 0) is 55.9 Å². The number of rotatable bonds is 5. The van der Waals surface area contributed by atoms with Gasteiger partial charge in [-0.2, -0.15) is 0 Å². The highest BCUT2D eigenvalue weighted by atomic mass is 14.9. The molecule has 1 N–H and O–H groups in total. The van der Waals surface area contributed by atoms with Crippen LogP contribution in [0.3, 0.4) is 0 Å². The lowest BCUT2D eigenvalue weighted by Gasteiger charge is -2.25. The van der Waals surface area contributed by atoms with Gasteiger partial charge in [-0.3, -0.25) is 0 Å². The van der Waals surface area contributed by atoms with Crippen LogP contribution in [-0.4, -0.2) is 12.6 Å². The summed E-state index contributed by atoms with van der Waals surface area (Å²) in [4.78, 5) is 0. The average Bonchev–Trinajstić information content (AvgIpc) is 3.08. The molecule has 3 fully saturated rings. The van der Waals surface area contributed by atoms with Gasteiger partial charge in [-0.15, -0.1) is 0 Å². The zero-order valence-electron chi connectivity index (χ0n) is 9.34. The van der Waals surface area contributed by atoms with Crippen molar-refractivity contribution in [1.29, 1.82) is 0 Å². The first-order valence-corrected chi connectivity index (χ1v) is 6.60. The molecular formula is C13H23N. The molecule has 3 atom stereocenters. The molecule has 0 spiro atoms. The molecule has 0 aromatic rings. The molecule has 3 aliphatic rings. The molecule has 0 aromatic heterocycles. The van der Waals surface area contributed by atoms with Gasteiger partial charge < -0.3 is 5.32 Å². The monoisotopic (exact) mass is 193 g/mol. The molecular weight excluding hydrogens is 170 g/mol. The van der Waals surface area contributed by atoms with Crippen LogP contribution in [0.25, 0.3) is 0 Å². The van der Waals surface area contributed by atoms with E-state index in [0.29, 0.717) is 0 Å². The molecule has 0 saturated heterocycles. The second kappa shape index (κ2) is 3.52. The maximum Gasteiger partial charge on any atom is 0.00980 e. The van der Waals surface area contributed by atoms with Crippen molar-refractivity contribution in [1.82, 2.24) is 5.32 Å². The molecule has 0 aliphatic heterocycles. The van der Waals surface area contributed by atoms with Crippen molar-refractivity contribution in [3.8, 4) is 0 Å². The van der Waals surface area contributed by atoms with Gasteiger partial charge in [0.2, 0.25) is 0 Å². The van der Waals surface area contributed by atoms with Crippen LogP contribution in [0.4, 0.5) is 0 Å². The van der Waals surface area contributed by atoms with Gasteiger partial charge >= 0.3 is 0 Å². The van der Waals surface area contributed by atoms with Crippen LogP contribution in [0.5, 0.6) is 0 Å². The van der Waals surface area contributed by atoms with E-state index in [9.17, 15) is 0 Å². The molecule has 0 heterocycles. The van der Waals surface area contributed by atoms with E-state index in [1.165, 1.54) is 25.8 Å². The Morgan fingerprint density at radius 2 is 1.86 bits per heavy atom. The third kappa shape index (κ3) is 1.84. The second-order valence-electron chi connectivity index (χ2n) is 5.83. The highest BCUT2D eigenvalue weighted by molar-refractivity contribution is 5.00. The summed E-state index contributed by atoms with van der Waals surface area (Å²) in [5, 5.41) is 3.74. The Morgan fingerprint density at radius 1 is 1.14 bits per heavy atom. The summed E-state index contributed by atoms with van der Waals surface area (Å²) in [5.41, 5.74) is 0. The first kappa shape index (κ1) is 9.21. The van der Waals surface area contributed by atoms with Crippen molar-refractivity contribution in [2.75, 3.05) is 6.54 Å². The summed E-state index contributed by atoms with van der Waals surface area (Å²) in [6.07, 6.45) is 9.18. The fourth-order valence-electron chi connectivity index (χ4n) is 3.51. The molecule has 14 heavy (non-hydrogen) atoms. The first-order chi connectivity index (χ1) is 6.86. The molecule has 1 heteroatoms. The van der Waals surface area contributed by atoms with Gasteiger partial charge in [0.1, 0.15) is 0 Å². The zero-order chi connectivity index (χ0) is 9.54. The fourth-order valence-corrected chi connectivity index (χ4v) is 3.51. The lowest BCUT2D eigenvalue weighted by Crippen LogP contribution is -2.36. The van der Waals surface area contributed by atoms with Gasteiger partial charge in [0.25, 0.3) is 0 Å². The molecule has 0 amide bonds. The van der Waals surface area contributed by atoms with E-state index in [1.807, 2.05) is 0 Å². The van der Waals surface area contributed by atoms with Gasteiger partial charge in [0, 0.05) is 6.04 Å². The molecule has 3 rings (SSSR count). The minimum atomic E-state index is 0.875.